The van der Waals surface area contributed by atoms with Gasteiger partial charge in [-0.2, -0.15) is 8.78 Å². The number of amides is 2. The standard InChI is InChI=1S/C21H21F2N5O3/c1-12(2)24-19(29)16-6-4-5-7-17(16)25-20(30)18-13(3)28(27-26-18)14-8-10-15(11-9-14)31-21(22)23/h4-12,21H,1-3H3,(H,24,29)(H,25,30). The summed E-state index contributed by atoms with van der Waals surface area (Å²) in [6, 6.07) is 12.4. The number of rotatable bonds is 7. The first-order valence-corrected chi connectivity index (χ1v) is 9.45. The van der Waals surface area contributed by atoms with Crippen LogP contribution in [0.25, 0.3) is 5.69 Å². The number of anilines is 1. The van der Waals surface area contributed by atoms with Crippen molar-refractivity contribution in [3.8, 4) is 11.4 Å². The highest BCUT2D eigenvalue weighted by molar-refractivity contribution is 6.08. The van der Waals surface area contributed by atoms with Gasteiger partial charge in [0, 0.05) is 6.04 Å². The summed E-state index contributed by atoms with van der Waals surface area (Å²) >= 11 is 0. The highest BCUT2D eigenvalue weighted by atomic mass is 19.3. The van der Waals surface area contributed by atoms with E-state index in [1.165, 1.54) is 28.9 Å². The van der Waals surface area contributed by atoms with Crippen molar-refractivity contribution >= 4 is 17.5 Å². The quantitative estimate of drug-likeness (QED) is 0.598. The molecule has 0 fully saturated rings. The van der Waals surface area contributed by atoms with Crippen molar-refractivity contribution in [3.05, 3.63) is 65.5 Å². The zero-order valence-electron chi connectivity index (χ0n) is 17.1. The predicted octanol–water partition coefficient (Wildman–Crippen LogP) is 3.57. The van der Waals surface area contributed by atoms with Crippen molar-refractivity contribution in [2.75, 3.05) is 5.32 Å². The summed E-state index contributed by atoms with van der Waals surface area (Å²) in [6.45, 7) is 2.41. The summed E-state index contributed by atoms with van der Waals surface area (Å²) in [4.78, 5) is 25.2. The van der Waals surface area contributed by atoms with Crippen LogP contribution in [0.2, 0.25) is 0 Å². The fraction of sp³-hybridized carbons (Fsp3) is 0.238. The molecular formula is C21H21F2N5O3. The van der Waals surface area contributed by atoms with Crippen LogP contribution in [0.5, 0.6) is 5.75 Å². The molecule has 0 saturated heterocycles. The van der Waals surface area contributed by atoms with E-state index in [4.69, 9.17) is 0 Å². The molecule has 2 amide bonds. The number of alkyl halides is 2. The van der Waals surface area contributed by atoms with Crippen LogP contribution < -0.4 is 15.4 Å². The second-order valence-corrected chi connectivity index (χ2v) is 6.94. The second kappa shape index (κ2) is 9.33. The number of benzene rings is 2. The van der Waals surface area contributed by atoms with Gasteiger partial charge in [-0.25, -0.2) is 4.68 Å². The number of ether oxygens (including phenoxy) is 1. The molecule has 0 unspecified atom stereocenters. The largest absolute Gasteiger partial charge is 0.435 e. The number of nitrogens with zero attached hydrogens (tertiary/aromatic N) is 3. The van der Waals surface area contributed by atoms with E-state index >= 15 is 0 Å². The fourth-order valence-electron chi connectivity index (χ4n) is 2.86. The van der Waals surface area contributed by atoms with Crippen molar-refractivity contribution in [3.63, 3.8) is 0 Å². The van der Waals surface area contributed by atoms with Crippen LogP contribution in [0.1, 0.15) is 40.4 Å². The molecule has 10 heteroatoms. The van der Waals surface area contributed by atoms with E-state index in [-0.39, 0.29) is 23.4 Å². The van der Waals surface area contributed by atoms with Gasteiger partial charge in [-0.15, -0.1) is 5.10 Å². The minimum Gasteiger partial charge on any atom is -0.435 e. The minimum atomic E-state index is -2.92. The predicted molar refractivity (Wildman–Crippen MR) is 110 cm³/mol. The van der Waals surface area contributed by atoms with Gasteiger partial charge in [-0.05, 0) is 57.2 Å². The molecule has 3 aromatic rings. The van der Waals surface area contributed by atoms with Gasteiger partial charge >= 0.3 is 6.61 Å². The van der Waals surface area contributed by atoms with E-state index in [0.717, 1.165) is 0 Å². The molecule has 162 valence electrons. The Morgan fingerprint density at radius 2 is 1.71 bits per heavy atom. The molecule has 0 spiro atoms. The molecule has 0 aliphatic heterocycles. The minimum absolute atomic E-state index is 0.00534. The Bertz CT molecular complexity index is 1080. The Morgan fingerprint density at radius 3 is 2.35 bits per heavy atom. The summed E-state index contributed by atoms with van der Waals surface area (Å²) in [7, 11) is 0. The van der Waals surface area contributed by atoms with E-state index in [0.29, 0.717) is 22.6 Å². The van der Waals surface area contributed by atoms with Gasteiger partial charge in [-0.3, -0.25) is 9.59 Å². The first kappa shape index (κ1) is 21.9. The fourth-order valence-corrected chi connectivity index (χ4v) is 2.86. The topological polar surface area (TPSA) is 98.1 Å². The van der Waals surface area contributed by atoms with Gasteiger partial charge in [0.2, 0.25) is 0 Å². The van der Waals surface area contributed by atoms with E-state index in [9.17, 15) is 18.4 Å². The first-order valence-electron chi connectivity index (χ1n) is 9.45. The van der Waals surface area contributed by atoms with Crippen LogP contribution in [0.3, 0.4) is 0 Å². The monoisotopic (exact) mass is 429 g/mol. The summed E-state index contributed by atoms with van der Waals surface area (Å²) in [5.41, 5.74) is 1.68. The molecule has 2 N–H and O–H groups in total. The average molecular weight is 429 g/mol. The Hall–Kier alpha value is -3.82. The second-order valence-electron chi connectivity index (χ2n) is 6.94. The zero-order valence-corrected chi connectivity index (χ0v) is 17.1. The number of carbonyl (C=O) groups excluding carboxylic acids is 2. The molecule has 31 heavy (non-hydrogen) atoms. The maximum Gasteiger partial charge on any atom is 0.387 e. The highest BCUT2D eigenvalue weighted by Crippen LogP contribution is 2.20. The number of carbonyl (C=O) groups is 2. The molecular weight excluding hydrogens is 408 g/mol. The number of hydrogen-bond donors (Lipinski definition) is 2. The molecule has 2 aromatic carbocycles. The van der Waals surface area contributed by atoms with Crippen LogP contribution in [-0.4, -0.2) is 39.5 Å². The molecule has 1 heterocycles. The van der Waals surface area contributed by atoms with Crippen LogP contribution in [0.4, 0.5) is 14.5 Å². The number of halogens is 2. The lowest BCUT2D eigenvalue weighted by molar-refractivity contribution is -0.0498. The van der Waals surface area contributed by atoms with Gasteiger partial charge in [0.1, 0.15) is 5.75 Å². The summed E-state index contributed by atoms with van der Waals surface area (Å²) in [6.07, 6.45) is 0. The van der Waals surface area contributed by atoms with Crippen molar-refractivity contribution in [1.82, 2.24) is 20.3 Å². The Labute approximate surface area is 177 Å². The SMILES string of the molecule is Cc1c(C(=O)Nc2ccccc2C(=O)NC(C)C)nnn1-c1ccc(OC(F)F)cc1. The highest BCUT2D eigenvalue weighted by Gasteiger charge is 2.20. The molecule has 8 nitrogen and oxygen atoms in total. The Kier molecular flexibility index (Phi) is 6.58. The van der Waals surface area contributed by atoms with Crippen LogP contribution in [0.15, 0.2) is 48.5 Å². The third-order valence-electron chi connectivity index (χ3n) is 4.26. The number of para-hydroxylation sites is 1. The molecule has 0 bridgehead atoms. The van der Waals surface area contributed by atoms with Gasteiger partial charge in [-0.1, -0.05) is 17.3 Å². The summed E-state index contributed by atoms with van der Waals surface area (Å²) in [5, 5.41) is 13.4. The lowest BCUT2D eigenvalue weighted by Gasteiger charge is -2.12. The average Bonchev–Trinajstić information content (AvgIpc) is 3.09. The van der Waals surface area contributed by atoms with Crippen molar-refractivity contribution in [2.24, 2.45) is 0 Å². The summed E-state index contributed by atoms with van der Waals surface area (Å²) < 4.78 is 30.3. The van der Waals surface area contributed by atoms with E-state index < -0.39 is 12.5 Å². The van der Waals surface area contributed by atoms with Gasteiger partial charge in [0.15, 0.2) is 5.69 Å². The van der Waals surface area contributed by atoms with E-state index in [2.05, 4.69) is 25.7 Å². The molecule has 1 aromatic heterocycles. The zero-order chi connectivity index (χ0) is 22.5. The van der Waals surface area contributed by atoms with Gasteiger partial charge < -0.3 is 15.4 Å². The number of aromatic nitrogens is 3. The molecule has 0 saturated carbocycles. The van der Waals surface area contributed by atoms with Crippen LogP contribution in [0, 0.1) is 6.92 Å². The Balaban J connectivity index is 1.81. The Morgan fingerprint density at radius 1 is 1.03 bits per heavy atom. The number of nitrogens with one attached hydrogen (secondary N) is 2. The maximum atomic E-state index is 12.8. The maximum absolute atomic E-state index is 12.8. The van der Waals surface area contributed by atoms with Gasteiger partial charge in [0.05, 0.1) is 22.6 Å². The lowest BCUT2D eigenvalue weighted by atomic mass is 10.1. The van der Waals surface area contributed by atoms with Crippen molar-refractivity contribution < 1.29 is 23.1 Å². The molecule has 0 radical (unpaired) electrons. The lowest BCUT2D eigenvalue weighted by Crippen LogP contribution is -2.31. The van der Waals surface area contributed by atoms with Gasteiger partial charge in [0.25, 0.3) is 11.8 Å². The van der Waals surface area contributed by atoms with Crippen molar-refractivity contribution in [1.29, 1.82) is 0 Å². The number of hydrogen-bond acceptors (Lipinski definition) is 5. The van der Waals surface area contributed by atoms with E-state index in [1.807, 2.05) is 13.8 Å². The first-order chi connectivity index (χ1) is 14.8. The normalized spacial score (nSPS) is 10.9. The van der Waals surface area contributed by atoms with E-state index in [1.54, 1.807) is 31.2 Å². The molecule has 0 aliphatic carbocycles. The smallest absolute Gasteiger partial charge is 0.387 e. The molecule has 0 atom stereocenters. The third-order valence-corrected chi connectivity index (χ3v) is 4.26. The summed E-state index contributed by atoms with van der Waals surface area (Å²) in [5.74, 6) is -0.839. The molecule has 3 rings (SSSR count). The van der Waals surface area contributed by atoms with Crippen LogP contribution >= 0.6 is 0 Å². The third kappa shape index (κ3) is 5.21. The molecule has 0 aliphatic rings. The van der Waals surface area contributed by atoms with Crippen molar-refractivity contribution in [2.45, 2.75) is 33.4 Å². The van der Waals surface area contributed by atoms with Crippen LogP contribution in [-0.2, 0) is 0 Å².